The van der Waals surface area contributed by atoms with E-state index in [1.165, 1.54) is 12.5 Å². The summed E-state index contributed by atoms with van der Waals surface area (Å²) in [5, 5.41) is 0.973. The van der Waals surface area contributed by atoms with Crippen LogP contribution in [0.2, 0.25) is 0 Å². The van der Waals surface area contributed by atoms with Crippen LogP contribution in [0.15, 0.2) is 18.2 Å². The number of hydrogen-bond acceptors (Lipinski definition) is 3. The van der Waals surface area contributed by atoms with Crippen molar-refractivity contribution in [2.75, 3.05) is 12.4 Å². The Morgan fingerprint density at radius 2 is 2.12 bits per heavy atom. The predicted molar refractivity (Wildman–Crippen MR) is 66.4 cm³/mol. The molecule has 0 saturated heterocycles. The number of carbonyl (C=O) groups excluding carboxylic acids is 1. The van der Waals surface area contributed by atoms with Crippen LogP contribution in [-0.4, -0.2) is 18.4 Å². The molecule has 88 valence electrons. The van der Waals surface area contributed by atoms with Gasteiger partial charge in [-0.3, -0.25) is 4.79 Å². The fourth-order valence-corrected chi connectivity index (χ4v) is 1.66. The fourth-order valence-electron chi connectivity index (χ4n) is 1.38. The van der Waals surface area contributed by atoms with E-state index in [9.17, 15) is 4.79 Å². The number of benzene rings is 1. The van der Waals surface area contributed by atoms with Crippen LogP contribution in [0.4, 0.5) is 0 Å². The minimum absolute atomic E-state index is 0.341. The average molecular weight is 287 g/mol. The van der Waals surface area contributed by atoms with E-state index in [0.29, 0.717) is 11.5 Å². The molecule has 0 aliphatic heterocycles. The number of hydrogen-bond donors (Lipinski definition) is 0. The molecule has 0 atom stereocenters. The summed E-state index contributed by atoms with van der Waals surface area (Å²) in [5.74, 6) is 0.728. The summed E-state index contributed by atoms with van der Waals surface area (Å²) in [6, 6.07) is 5.62. The highest BCUT2D eigenvalue weighted by Gasteiger charge is 2.07. The normalized spacial score (nSPS) is 9.94. The van der Waals surface area contributed by atoms with Crippen molar-refractivity contribution in [3.8, 4) is 11.5 Å². The van der Waals surface area contributed by atoms with E-state index in [-0.39, 0.29) is 5.97 Å². The summed E-state index contributed by atoms with van der Waals surface area (Å²) in [7, 11) is 1.57. The molecule has 0 saturated carbocycles. The Morgan fingerprint density at radius 1 is 1.38 bits per heavy atom. The topological polar surface area (TPSA) is 35.5 Å². The van der Waals surface area contributed by atoms with Crippen LogP contribution in [0.25, 0.3) is 0 Å². The molecule has 0 spiro atoms. The van der Waals surface area contributed by atoms with Crippen LogP contribution in [0, 0.1) is 0 Å². The standard InChI is InChI=1S/C12H15BrO3/c1-9(14)16-11-6-5-10(4-3-7-13)8-12(11)15-2/h5-6,8H,3-4,7H2,1-2H3. The summed E-state index contributed by atoms with van der Waals surface area (Å²) >= 11 is 3.39. The first-order valence-electron chi connectivity index (χ1n) is 5.08. The van der Waals surface area contributed by atoms with Gasteiger partial charge >= 0.3 is 5.97 Å². The summed E-state index contributed by atoms with van der Waals surface area (Å²) < 4.78 is 10.2. The van der Waals surface area contributed by atoms with Gasteiger partial charge in [-0.25, -0.2) is 0 Å². The summed E-state index contributed by atoms with van der Waals surface area (Å²) in [6.45, 7) is 1.37. The molecular weight excluding hydrogens is 272 g/mol. The van der Waals surface area contributed by atoms with E-state index >= 15 is 0 Å². The Hall–Kier alpha value is -1.03. The molecule has 1 aromatic carbocycles. The van der Waals surface area contributed by atoms with E-state index in [2.05, 4.69) is 15.9 Å². The SMILES string of the molecule is COc1cc(CCCBr)ccc1OC(C)=O. The number of rotatable bonds is 5. The highest BCUT2D eigenvalue weighted by molar-refractivity contribution is 9.09. The minimum Gasteiger partial charge on any atom is -0.493 e. The third-order valence-electron chi connectivity index (χ3n) is 2.08. The monoisotopic (exact) mass is 286 g/mol. The van der Waals surface area contributed by atoms with E-state index in [1.807, 2.05) is 12.1 Å². The Morgan fingerprint density at radius 3 is 2.69 bits per heavy atom. The van der Waals surface area contributed by atoms with Crippen molar-refractivity contribution < 1.29 is 14.3 Å². The quantitative estimate of drug-likeness (QED) is 0.474. The molecule has 0 aliphatic rings. The zero-order chi connectivity index (χ0) is 12.0. The van der Waals surface area contributed by atoms with Crippen molar-refractivity contribution in [1.29, 1.82) is 0 Å². The first-order chi connectivity index (χ1) is 7.67. The van der Waals surface area contributed by atoms with Gasteiger partial charge in [0, 0.05) is 12.3 Å². The Labute approximate surface area is 104 Å². The highest BCUT2D eigenvalue weighted by Crippen LogP contribution is 2.28. The van der Waals surface area contributed by atoms with Crippen molar-refractivity contribution in [3.63, 3.8) is 0 Å². The molecule has 1 rings (SSSR count). The Kier molecular flexibility index (Phi) is 5.32. The second-order valence-electron chi connectivity index (χ2n) is 3.37. The zero-order valence-corrected chi connectivity index (χ0v) is 11.0. The molecule has 0 N–H and O–H groups in total. The summed E-state index contributed by atoms with van der Waals surface area (Å²) in [5.41, 5.74) is 1.17. The summed E-state index contributed by atoms with van der Waals surface area (Å²) in [4.78, 5) is 10.9. The zero-order valence-electron chi connectivity index (χ0n) is 9.46. The smallest absolute Gasteiger partial charge is 0.308 e. The van der Waals surface area contributed by atoms with Gasteiger partial charge in [-0.1, -0.05) is 22.0 Å². The van der Waals surface area contributed by atoms with Crippen molar-refractivity contribution in [2.45, 2.75) is 19.8 Å². The third-order valence-corrected chi connectivity index (χ3v) is 2.64. The Balaban J connectivity index is 2.83. The molecule has 0 aromatic heterocycles. The van der Waals surface area contributed by atoms with Crippen LogP contribution in [0.3, 0.4) is 0 Å². The van der Waals surface area contributed by atoms with Gasteiger partial charge in [0.2, 0.25) is 0 Å². The first-order valence-corrected chi connectivity index (χ1v) is 6.21. The lowest BCUT2D eigenvalue weighted by Crippen LogP contribution is -2.03. The number of aryl methyl sites for hydroxylation is 1. The van der Waals surface area contributed by atoms with Crippen LogP contribution in [-0.2, 0) is 11.2 Å². The lowest BCUT2D eigenvalue weighted by molar-refractivity contribution is -0.132. The molecule has 0 unspecified atom stereocenters. The molecule has 3 nitrogen and oxygen atoms in total. The van der Waals surface area contributed by atoms with Gasteiger partial charge in [0.1, 0.15) is 0 Å². The lowest BCUT2D eigenvalue weighted by atomic mass is 10.1. The molecule has 0 bridgehead atoms. The van der Waals surface area contributed by atoms with Gasteiger partial charge in [0.15, 0.2) is 11.5 Å². The molecule has 0 aliphatic carbocycles. The van der Waals surface area contributed by atoms with E-state index in [0.717, 1.165) is 18.2 Å². The first kappa shape index (κ1) is 13.0. The van der Waals surface area contributed by atoms with Crippen LogP contribution >= 0.6 is 15.9 Å². The van der Waals surface area contributed by atoms with Crippen molar-refractivity contribution >= 4 is 21.9 Å². The third kappa shape index (κ3) is 3.85. The van der Waals surface area contributed by atoms with Crippen molar-refractivity contribution in [3.05, 3.63) is 23.8 Å². The molecule has 0 amide bonds. The van der Waals surface area contributed by atoms with Crippen molar-refractivity contribution in [1.82, 2.24) is 0 Å². The fraction of sp³-hybridized carbons (Fsp3) is 0.417. The van der Waals surface area contributed by atoms with E-state index in [4.69, 9.17) is 9.47 Å². The number of methoxy groups -OCH3 is 1. The van der Waals surface area contributed by atoms with Gasteiger partial charge in [-0.05, 0) is 30.5 Å². The number of alkyl halides is 1. The van der Waals surface area contributed by atoms with Crippen molar-refractivity contribution in [2.24, 2.45) is 0 Å². The number of halogens is 1. The molecule has 16 heavy (non-hydrogen) atoms. The van der Waals surface area contributed by atoms with Crippen LogP contribution in [0.5, 0.6) is 11.5 Å². The minimum atomic E-state index is -0.341. The maximum absolute atomic E-state index is 10.9. The second kappa shape index (κ2) is 6.53. The van der Waals surface area contributed by atoms with Gasteiger partial charge in [-0.15, -0.1) is 0 Å². The lowest BCUT2D eigenvalue weighted by Gasteiger charge is -2.09. The number of ether oxygens (including phenoxy) is 2. The van der Waals surface area contributed by atoms with Crippen LogP contribution in [0.1, 0.15) is 18.9 Å². The maximum atomic E-state index is 10.9. The molecule has 0 fully saturated rings. The molecule has 1 aromatic rings. The summed E-state index contributed by atoms with van der Waals surface area (Å²) in [6.07, 6.45) is 2.04. The van der Waals surface area contributed by atoms with Gasteiger partial charge in [-0.2, -0.15) is 0 Å². The number of carbonyl (C=O) groups is 1. The van der Waals surface area contributed by atoms with E-state index in [1.54, 1.807) is 13.2 Å². The predicted octanol–water partition coefficient (Wildman–Crippen LogP) is 2.95. The van der Waals surface area contributed by atoms with Gasteiger partial charge < -0.3 is 9.47 Å². The Bertz CT molecular complexity index is 363. The number of esters is 1. The molecular formula is C12H15BrO3. The van der Waals surface area contributed by atoms with E-state index < -0.39 is 0 Å². The largest absolute Gasteiger partial charge is 0.493 e. The molecule has 4 heteroatoms. The van der Waals surface area contributed by atoms with Gasteiger partial charge in [0.05, 0.1) is 7.11 Å². The second-order valence-corrected chi connectivity index (χ2v) is 4.16. The average Bonchev–Trinajstić information content (AvgIpc) is 2.27. The molecule has 0 radical (unpaired) electrons. The molecule has 0 heterocycles. The highest BCUT2D eigenvalue weighted by atomic mass is 79.9. The van der Waals surface area contributed by atoms with Gasteiger partial charge in [0.25, 0.3) is 0 Å². The maximum Gasteiger partial charge on any atom is 0.308 e. The van der Waals surface area contributed by atoms with Crippen LogP contribution < -0.4 is 9.47 Å².